The number of benzene rings is 1. The Morgan fingerprint density at radius 2 is 2.15 bits per heavy atom. The Morgan fingerprint density at radius 3 is 3.04 bits per heavy atom. The van der Waals surface area contributed by atoms with E-state index in [1.165, 1.54) is 16.5 Å². The lowest BCUT2D eigenvalue weighted by atomic mass is 10.1. The quantitative estimate of drug-likeness (QED) is 0.359. The van der Waals surface area contributed by atoms with Crippen molar-refractivity contribution in [2.45, 2.75) is 25.3 Å². The van der Waals surface area contributed by atoms with Crippen molar-refractivity contribution in [3.05, 3.63) is 65.3 Å². The molecular weight excluding hydrogens is 348 g/mol. The Labute approximate surface area is 154 Å². The first-order chi connectivity index (χ1) is 12.8. The van der Waals surface area contributed by atoms with E-state index in [0.29, 0.717) is 0 Å². The predicted octanol–water partition coefficient (Wildman–Crippen LogP) is 3.71. The van der Waals surface area contributed by atoms with Crippen molar-refractivity contribution in [1.29, 1.82) is 0 Å². The molecule has 0 saturated carbocycles. The van der Waals surface area contributed by atoms with Gasteiger partial charge in [-0.25, -0.2) is 0 Å². The van der Waals surface area contributed by atoms with Crippen molar-refractivity contribution in [3.63, 3.8) is 0 Å². The zero-order valence-electron chi connectivity index (χ0n) is 13.9. The number of para-hydroxylation sites is 1. The van der Waals surface area contributed by atoms with Gasteiger partial charge in [-0.1, -0.05) is 18.2 Å². The van der Waals surface area contributed by atoms with E-state index in [1.807, 2.05) is 29.1 Å². The van der Waals surface area contributed by atoms with E-state index < -0.39 is 0 Å². The third-order valence-electron chi connectivity index (χ3n) is 4.70. The van der Waals surface area contributed by atoms with Crippen molar-refractivity contribution >= 4 is 22.2 Å². The van der Waals surface area contributed by atoms with Crippen LogP contribution in [-0.2, 0) is 17.7 Å². The molecule has 132 valence electrons. The Morgan fingerprint density at radius 1 is 1.23 bits per heavy atom. The van der Waals surface area contributed by atoms with Crippen LogP contribution >= 0.6 is 11.3 Å². The summed E-state index contributed by atoms with van der Waals surface area (Å²) in [5, 5.41) is 14.9. The average molecular weight is 366 g/mol. The van der Waals surface area contributed by atoms with Gasteiger partial charge in [-0.3, -0.25) is 4.68 Å². The first kappa shape index (κ1) is 15.8. The SMILES string of the molecule is ONC1OC1c1ccc(-c2ccn(CCc3c[nH]c4ccccc34)n2)s1. The molecule has 1 fully saturated rings. The van der Waals surface area contributed by atoms with Gasteiger partial charge in [0.25, 0.3) is 0 Å². The summed E-state index contributed by atoms with van der Waals surface area (Å²) >= 11 is 1.65. The minimum absolute atomic E-state index is 0.0530. The molecule has 2 atom stereocenters. The third-order valence-corrected chi connectivity index (χ3v) is 5.87. The fourth-order valence-electron chi connectivity index (χ4n) is 3.26. The van der Waals surface area contributed by atoms with Crippen LogP contribution in [0.1, 0.15) is 16.5 Å². The van der Waals surface area contributed by atoms with Gasteiger partial charge in [-0.05, 0) is 36.2 Å². The molecule has 4 heterocycles. The molecule has 2 unspecified atom stereocenters. The molecule has 0 amide bonds. The molecule has 0 spiro atoms. The predicted molar refractivity (Wildman–Crippen MR) is 100 cm³/mol. The largest absolute Gasteiger partial charge is 0.361 e. The highest BCUT2D eigenvalue weighted by atomic mass is 32.1. The highest BCUT2D eigenvalue weighted by Gasteiger charge is 2.41. The standard InChI is InChI=1S/C19H18N4O2S/c24-22-19-18(25-19)17-6-5-16(26-17)15-8-10-23(21-15)9-7-12-11-20-14-4-2-1-3-13(12)14/h1-6,8,10-11,18-20,22,24H,7,9H2. The maximum Gasteiger partial charge on any atom is 0.162 e. The number of H-pyrrole nitrogens is 1. The number of thiophene rings is 1. The Hall–Kier alpha value is -2.45. The van der Waals surface area contributed by atoms with Gasteiger partial charge in [0.05, 0.1) is 4.88 Å². The summed E-state index contributed by atoms with van der Waals surface area (Å²) < 4.78 is 7.33. The molecule has 1 aromatic carbocycles. The number of nitrogens with zero attached hydrogens (tertiary/aromatic N) is 2. The van der Waals surface area contributed by atoms with E-state index in [1.54, 1.807) is 11.3 Å². The molecule has 0 aliphatic carbocycles. The van der Waals surface area contributed by atoms with Crippen LogP contribution in [0.15, 0.2) is 54.9 Å². The molecule has 0 bridgehead atoms. The van der Waals surface area contributed by atoms with Crippen molar-refractivity contribution in [1.82, 2.24) is 20.2 Å². The number of ether oxygens (including phenoxy) is 1. The Balaban J connectivity index is 1.28. The minimum Gasteiger partial charge on any atom is -0.361 e. The normalized spacial score (nSPS) is 19.3. The summed E-state index contributed by atoms with van der Waals surface area (Å²) in [6.07, 6.45) is 4.70. The topological polar surface area (TPSA) is 78.4 Å². The second-order valence-corrected chi connectivity index (χ2v) is 7.50. The smallest absolute Gasteiger partial charge is 0.162 e. The van der Waals surface area contributed by atoms with Crippen LogP contribution in [0.4, 0.5) is 0 Å². The van der Waals surface area contributed by atoms with Crippen LogP contribution in [0.5, 0.6) is 0 Å². The van der Waals surface area contributed by atoms with Gasteiger partial charge in [0.1, 0.15) is 11.8 Å². The van der Waals surface area contributed by atoms with Crippen LogP contribution < -0.4 is 5.48 Å². The fourth-order valence-corrected chi connectivity index (χ4v) is 4.30. The lowest BCUT2D eigenvalue weighted by molar-refractivity contribution is 0.119. The highest BCUT2D eigenvalue weighted by Crippen LogP contribution is 2.42. The van der Waals surface area contributed by atoms with Crippen LogP contribution in [0.3, 0.4) is 0 Å². The number of aryl methyl sites for hydroxylation is 2. The molecule has 1 aliphatic heterocycles. The van der Waals surface area contributed by atoms with Crippen LogP contribution in [-0.4, -0.2) is 26.2 Å². The number of epoxide rings is 1. The number of aromatic nitrogens is 3. The Bertz CT molecular complexity index is 1050. The lowest BCUT2D eigenvalue weighted by Gasteiger charge is -2.01. The maximum atomic E-state index is 8.88. The van der Waals surface area contributed by atoms with Crippen molar-refractivity contribution in [3.8, 4) is 10.6 Å². The van der Waals surface area contributed by atoms with E-state index in [4.69, 9.17) is 15.0 Å². The van der Waals surface area contributed by atoms with Crippen LogP contribution in [0, 0.1) is 0 Å². The van der Waals surface area contributed by atoms with Crippen LogP contribution in [0.25, 0.3) is 21.5 Å². The number of fused-ring (bicyclic) bond motifs is 1. The number of hydrogen-bond acceptors (Lipinski definition) is 5. The molecule has 6 nitrogen and oxygen atoms in total. The molecular formula is C19H18N4O2S. The van der Waals surface area contributed by atoms with Gasteiger partial charge in [0.15, 0.2) is 6.23 Å². The molecule has 1 saturated heterocycles. The van der Waals surface area contributed by atoms with Gasteiger partial charge >= 0.3 is 0 Å². The van der Waals surface area contributed by atoms with E-state index in [0.717, 1.165) is 28.4 Å². The number of rotatable bonds is 6. The zero-order chi connectivity index (χ0) is 17.5. The molecule has 3 aromatic heterocycles. The maximum absolute atomic E-state index is 8.88. The Kier molecular flexibility index (Phi) is 3.86. The summed E-state index contributed by atoms with van der Waals surface area (Å²) in [5.41, 5.74) is 5.60. The van der Waals surface area contributed by atoms with Gasteiger partial charge in [-0.15, -0.1) is 11.3 Å². The van der Waals surface area contributed by atoms with Crippen molar-refractivity contribution in [2.24, 2.45) is 0 Å². The first-order valence-corrected chi connectivity index (χ1v) is 9.37. The van der Waals surface area contributed by atoms with Crippen molar-refractivity contribution < 1.29 is 9.94 Å². The molecule has 1 aliphatic rings. The molecule has 26 heavy (non-hydrogen) atoms. The minimum atomic E-state index is -0.282. The zero-order valence-corrected chi connectivity index (χ0v) is 14.7. The van der Waals surface area contributed by atoms with Gasteiger partial charge in [-0.2, -0.15) is 10.6 Å². The van der Waals surface area contributed by atoms with Gasteiger partial charge in [0.2, 0.25) is 0 Å². The van der Waals surface area contributed by atoms with E-state index in [9.17, 15) is 0 Å². The summed E-state index contributed by atoms with van der Waals surface area (Å²) in [6.45, 7) is 0.836. The summed E-state index contributed by atoms with van der Waals surface area (Å²) in [5.74, 6) is 0. The number of aromatic amines is 1. The first-order valence-electron chi connectivity index (χ1n) is 8.55. The highest BCUT2D eigenvalue weighted by molar-refractivity contribution is 7.15. The number of nitrogens with one attached hydrogen (secondary N) is 2. The van der Waals surface area contributed by atoms with Crippen LogP contribution in [0.2, 0.25) is 0 Å². The average Bonchev–Trinajstić information content (AvgIpc) is 3.06. The summed E-state index contributed by atoms with van der Waals surface area (Å²) in [6, 6.07) is 14.5. The number of hydrogen-bond donors (Lipinski definition) is 3. The monoisotopic (exact) mass is 366 g/mol. The molecule has 0 radical (unpaired) electrons. The molecule has 7 heteroatoms. The van der Waals surface area contributed by atoms with Gasteiger partial charge < -0.3 is 14.9 Å². The second kappa shape index (κ2) is 6.37. The molecule has 4 aromatic rings. The summed E-state index contributed by atoms with van der Waals surface area (Å²) in [4.78, 5) is 5.53. The fraction of sp³-hybridized carbons (Fsp3) is 0.211. The van der Waals surface area contributed by atoms with E-state index in [-0.39, 0.29) is 12.3 Å². The third kappa shape index (κ3) is 2.85. The van der Waals surface area contributed by atoms with E-state index >= 15 is 0 Å². The lowest BCUT2D eigenvalue weighted by Crippen LogP contribution is -2.11. The second-order valence-electron chi connectivity index (χ2n) is 6.38. The summed E-state index contributed by atoms with van der Waals surface area (Å²) in [7, 11) is 0. The molecule has 5 rings (SSSR count). The number of hydroxylamine groups is 1. The van der Waals surface area contributed by atoms with Crippen molar-refractivity contribution in [2.75, 3.05) is 0 Å². The van der Waals surface area contributed by atoms with E-state index in [2.05, 4.69) is 40.9 Å². The molecule has 3 N–H and O–H groups in total. The van der Waals surface area contributed by atoms with Gasteiger partial charge in [0, 0.05) is 34.7 Å².